The maximum absolute atomic E-state index is 13.6. The number of amidine groups is 1. The van der Waals surface area contributed by atoms with Gasteiger partial charge in [-0.05, 0) is 55.7 Å². The van der Waals surface area contributed by atoms with Crippen LogP contribution in [0, 0.1) is 26.6 Å². The van der Waals surface area contributed by atoms with E-state index in [0.29, 0.717) is 11.6 Å². The minimum atomic E-state index is -0.631. The first kappa shape index (κ1) is 24.9. The predicted molar refractivity (Wildman–Crippen MR) is 146 cm³/mol. The maximum atomic E-state index is 13.6. The van der Waals surface area contributed by atoms with Crippen LogP contribution in [0.4, 0.5) is 10.1 Å². The monoisotopic (exact) mass is 514 g/mol. The molecule has 0 aliphatic carbocycles. The normalized spacial score (nSPS) is 19.1. The number of aliphatic imine (C=N–C) groups is 1. The molecule has 0 radical (unpaired) electrons. The molecule has 2 heterocycles. The molecule has 2 atom stereocenters. The van der Waals surface area contributed by atoms with Gasteiger partial charge in [0.25, 0.3) is 5.91 Å². The van der Waals surface area contributed by atoms with Gasteiger partial charge in [0.05, 0.1) is 11.8 Å². The Morgan fingerprint density at radius 1 is 1.03 bits per heavy atom. The van der Waals surface area contributed by atoms with Gasteiger partial charge >= 0.3 is 0 Å². The molecule has 0 bridgehead atoms. The SMILES string of the molecule is Cc1ccc(C2=NN(C3=NC(=O)[C@H](CC(=O)Nc4ccc(C)cc4C)S3)[C@H](c3ccc(F)cc3)C2)cc1. The standard InChI is InChI=1S/C29H27FN4O2S/c1-17-4-7-20(8-5-17)24-15-25(21-9-11-22(30)12-10-21)34(33-24)29-32-28(36)26(37-29)16-27(35)31-23-13-6-18(2)14-19(23)3/h4-14,25-26H,15-16H2,1-3H3,(H,31,35)/t25-,26-/m0/s1. The number of benzene rings is 3. The third-order valence-electron chi connectivity index (χ3n) is 6.50. The summed E-state index contributed by atoms with van der Waals surface area (Å²) in [6, 6.07) is 20.0. The summed E-state index contributed by atoms with van der Waals surface area (Å²) in [5, 5.41) is 9.31. The van der Waals surface area contributed by atoms with Crippen molar-refractivity contribution in [1.82, 2.24) is 5.01 Å². The van der Waals surface area contributed by atoms with Crippen molar-refractivity contribution >= 4 is 40.1 Å². The first-order chi connectivity index (χ1) is 17.8. The summed E-state index contributed by atoms with van der Waals surface area (Å²) in [7, 11) is 0. The van der Waals surface area contributed by atoms with Crippen molar-refractivity contribution < 1.29 is 14.0 Å². The molecule has 5 rings (SSSR count). The highest BCUT2D eigenvalue weighted by Crippen LogP contribution is 2.38. The number of rotatable bonds is 5. The van der Waals surface area contributed by atoms with Crippen LogP contribution in [0.5, 0.6) is 0 Å². The van der Waals surface area contributed by atoms with Crippen molar-refractivity contribution in [3.8, 4) is 0 Å². The second-order valence-electron chi connectivity index (χ2n) is 9.44. The fourth-order valence-electron chi connectivity index (χ4n) is 4.48. The van der Waals surface area contributed by atoms with Crippen LogP contribution in [0.2, 0.25) is 0 Å². The van der Waals surface area contributed by atoms with E-state index in [9.17, 15) is 14.0 Å². The Bertz CT molecular complexity index is 1420. The molecule has 0 fully saturated rings. The molecular formula is C29H27FN4O2S. The van der Waals surface area contributed by atoms with Crippen molar-refractivity contribution in [3.05, 3.63) is 100 Å². The van der Waals surface area contributed by atoms with Crippen LogP contribution in [-0.4, -0.2) is 33.0 Å². The highest BCUT2D eigenvalue weighted by Gasteiger charge is 2.39. The maximum Gasteiger partial charge on any atom is 0.262 e. The molecule has 1 N–H and O–H groups in total. The van der Waals surface area contributed by atoms with E-state index in [-0.39, 0.29) is 30.1 Å². The first-order valence-electron chi connectivity index (χ1n) is 12.1. The second-order valence-corrected chi connectivity index (χ2v) is 10.6. The Labute approximate surface area is 219 Å². The molecule has 0 saturated carbocycles. The fraction of sp³-hybridized carbons (Fsp3) is 0.241. The molecule has 37 heavy (non-hydrogen) atoms. The van der Waals surface area contributed by atoms with E-state index >= 15 is 0 Å². The van der Waals surface area contributed by atoms with Gasteiger partial charge in [0.1, 0.15) is 11.1 Å². The average molecular weight is 515 g/mol. The zero-order chi connectivity index (χ0) is 26.1. The third-order valence-corrected chi connectivity index (χ3v) is 7.64. The van der Waals surface area contributed by atoms with E-state index in [4.69, 9.17) is 5.10 Å². The lowest BCUT2D eigenvalue weighted by Crippen LogP contribution is -2.25. The Kier molecular flexibility index (Phi) is 6.93. The van der Waals surface area contributed by atoms with E-state index in [1.807, 2.05) is 63.2 Å². The minimum absolute atomic E-state index is 0.00735. The van der Waals surface area contributed by atoms with Gasteiger partial charge in [-0.25, -0.2) is 9.40 Å². The molecule has 3 aromatic carbocycles. The number of aryl methyl sites for hydroxylation is 3. The smallest absolute Gasteiger partial charge is 0.262 e. The quantitative estimate of drug-likeness (QED) is 0.458. The second kappa shape index (κ2) is 10.3. The zero-order valence-electron chi connectivity index (χ0n) is 20.9. The lowest BCUT2D eigenvalue weighted by molar-refractivity contribution is -0.121. The Hall–Kier alpha value is -3.78. The summed E-state index contributed by atoms with van der Waals surface area (Å²) in [6.07, 6.45) is 0.591. The van der Waals surface area contributed by atoms with Gasteiger partial charge in [-0.1, -0.05) is 71.4 Å². The molecule has 0 spiro atoms. The van der Waals surface area contributed by atoms with Gasteiger partial charge in [0.15, 0.2) is 5.17 Å². The summed E-state index contributed by atoms with van der Waals surface area (Å²) >= 11 is 1.25. The average Bonchev–Trinajstić information content (AvgIpc) is 3.46. The summed E-state index contributed by atoms with van der Waals surface area (Å²) in [4.78, 5) is 29.8. The highest BCUT2D eigenvalue weighted by molar-refractivity contribution is 8.15. The number of nitrogens with one attached hydrogen (secondary N) is 1. The number of carbonyl (C=O) groups excluding carboxylic acids is 2. The van der Waals surface area contributed by atoms with Gasteiger partial charge < -0.3 is 5.32 Å². The molecule has 3 aromatic rings. The van der Waals surface area contributed by atoms with E-state index in [2.05, 4.69) is 10.3 Å². The van der Waals surface area contributed by atoms with E-state index in [0.717, 1.165) is 39.2 Å². The number of amides is 2. The number of anilines is 1. The van der Waals surface area contributed by atoms with Crippen LogP contribution in [0.25, 0.3) is 0 Å². The Morgan fingerprint density at radius 2 is 1.73 bits per heavy atom. The van der Waals surface area contributed by atoms with E-state index < -0.39 is 5.25 Å². The molecule has 8 heteroatoms. The van der Waals surface area contributed by atoms with Crippen molar-refractivity contribution in [2.45, 2.75) is 44.9 Å². The minimum Gasteiger partial charge on any atom is -0.326 e. The van der Waals surface area contributed by atoms with Crippen LogP contribution in [0.15, 0.2) is 76.8 Å². The number of nitrogens with zero attached hydrogens (tertiary/aromatic N) is 3. The molecule has 188 valence electrons. The van der Waals surface area contributed by atoms with Crippen molar-refractivity contribution in [1.29, 1.82) is 0 Å². The molecule has 6 nitrogen and oxygen atoms in total. The summed E-state index contributed by atoms with van der Waals surface area (Å²) < 4.78 is 13.6. The van der Waals surface area contributed by atoms with Gasteiger partial charge in [0.2, 0.25) is 5.91 Å². The molecule has 2 aliphatic rings. The van der Waals surface area contributed by atoms with E-state index in [1.54, 1.807) is 17.1 Å². The first-order valence-corrected chi connectivity index (χ1v) is 13.0. The number of halogens is 1. The lowest BCUT2D eigenvalue weighted by Gasteiger charge is -2.23. The van der Waals surface area contributed by atoms with Crippen molar-refractivity contribution in [2.75, 3.05) is 5.32 Å². The third kappa shape index (κ3) is 5.49. The molecule has 0 unspecified atom stereocenters. The largest absolute Gasteiger partial charge is 0.326 e. The van der Waals surface area contributed by atoms with Crippen LogP contribution in [0.3, 0.4) is 0 Å². The van der Waals surface area contributed by atoms with Crippen LogP contribution < -0.4 is 5.32 Å². The fourth-order valence-corrected chi connectivity index (χ4v) is 5.54. The summed E-state index contributed by atoms with van der Waals surface area (Å²) in [6.45, 7) is 5.96. The van der Waals surface area contributed by atoms with Gasteiger partial charge in [-0.3, -0.25) is 9.59 Å². The molecular weight excluding hydrogens is 487 g/mol. The molecule has 0 aromatic heterocycles. The number of hydrazone groups is 1. The van der Waals surface area contributed by atoms with Gasteiger partial charge in [-0.15, -0.1) is 0 Å². The van der Waals surface area contributed by atoms with Crippen LogP contribution in [-0.2, 0) is 9.59 Å². The summed E-state index contributed by atoms with van der Waals surface area (Å²) in [5.74, 6) is -0.909. The van der Waals surface area contributed by atoms with Crippen LogP contribution >= 0.6 is 11.8 Å². The number of thioether (sulfide) groups is 1. The Morgan fingerprint density at radius 3 is 2.43 bits per heavy atom. The molecule has 2 aliphatic heterocycles. The van der Waals surface area contributed by atoms with Crippen molar-refractivity contribution in [3.63, 3.8) is 0 Å². The number of hydrogen-bond donors (Lipinski definition) is 1. The van der Waals surface area contributed by atoms with Crippen molar-refractivity contribution in [2.24, 2.45) is 10.1 Å². The zero-order valence-corrected chi connectivity index (χ0v) is 21.7. The molecule has 2 amide bonds. The Balaban J connectivity index is 1.35. The van der Waals surface area contributed by atoms with Gasteiger partial charge in [0, 0.05) is 18.5 Å². The van der Waals surface area contributed by atoms with Gasteiger partial charge in [-0.2, -0.15) is 10.1 Å². The summed E-state index contributed by atoms with van der Waals surface area (Å²) in [5.41, 5.74) is 6.68. The lowest BCUT2D eigenvalue weighted by atomic mass is 9.98. The van der Waals surface area contributed by atoms with Crippen LogP contribution in [0.1, 0.15) is 46.7 Å². The highest BCUT2D eigenvalue weighted by atomic mass is 32.2. The number of hydrogen-bond acceptors (Lipinski definition) is 5. The molecule has 0 saturated heterocycles. The van der Waals surface area contributed by atoms with E-state index in [1.165, 1.54) is 23.9 Å². The number of carbonyl (C=O) groups is 2. The predicted octanol–water partition coefficient (Wildman–Crippen LogP) is 5.93. The topological polar surface area (TPSA) is 74.1 Å².